The fraction of sp³-hybridized carbons (Fsp3) is 0.867. The van der Waals surface area contributed by atoms with E-state index in [9.17, 15) is 9.59 Å². The number of carbonyl (C=O) groups excluding carboxylic acids is 2. The Bertz CT molecular complexity index is 348. The second-order valence-corrected chi connectivity index (χ2v) is 6.08. The lowest BCUT2D eigenvalue weighted by molar-refractivity contribution is -0.138. The van der Waals surface area contributed by atoms with Crippen LogP contribution in [-0.2, 0) is 9.59 Å². The quantitative estimate of drug-likeness (QED) is 0.784. The molecule has 1 heterocycles. The summed E-state index contributed by atoms with van der Waals surface area (Å²) in [5, 5.41) is 3.01. The van der Waals surface area contributed by atoms with Crippen LogP contribution < -0.4 is 11.1 Å². The van der Waals surface area contributed by atoms with Gasteiger partial charge in [-0.05, 0) is 32.6 Å². The number of amides is 2. The molecule has 0 aromatic rings. The van der Waals surface area contributed by atoms with Gasteiger partial charge in [0.25, 0.3) is 0 Å². The molecular formula is C15H30ClN3O2. The summed E-state index contributed by atoms with van der Waals surface area (Å²) in [6.07, 6.45) is 4.84. The molecule has 1 saturated heterocycles. The van der Waals surface area contributed by atoms with E-state index in [2.05, 4.69) is 5.32 Å². The van der Waals surface area contributed by atoms with Gasteiger partial charge in [-0.2, -0.15) is 0 Å². The smallest absolute Gasteiger partial charge is 0.242 e. The van der Waals surface area contributed by atoms with Crippen molar-refractivity contribution in [2.75, 3.05) is 13.1 Å². The molecule has 1 aliphatic rings. The Kier molecular flexibility index (Phi) is 8.90. The van der Waals surface area contributed by atoms with Gasteiger partial charge in [-0.25, -0.2) is 0 Å². The van der Waals surface area contributed by atoms with Crippen molar-refractivity contribution < 1.29 is 9.59 Å². The van der Waals surface area contributed by atoms with Gasteiger partial charge in [-0.15, -0.1) is 12.4 Å². The molecule has 3 N–H and O–H groups in total. The summed E-state index contributed by atoms with van der Waals surface area (Å²) in [6, 6.07) is 0.0733. The standard InChI is InChI=1S/C15H29N3O2.ClH/c1-4-7-13(19)17-12-8-6-10-18(11-12)14(20)15(3,16)9-5-2;/h12H,4-11,16H2,1-3H3,(H,17,19);1H. The van der Waals surface area contributed by atoms with E-state index >= 15 is 0 Å². The van der Waals surface area contributed by atoms with Gasteiger partial charge in [-0.3, -0.25) is 9.59 Å². The van der Waals surface area contributed by atoms with Gasteiger partial charge in [0, 0.05) is 25.6 Å². The predicted molar refractivity (Wildman–Crippen MR) is 87.4 cm³/mol. The molecular weight excluding hydrogens is 290 g/mol. The second-order valence-electron chi connectivity index (χ2n) is 6.08. The van der Waals surface area contributed by atoms with E-state index in [0.29, 0.717) is 19.4 Å². The molecule has 0 bridgehead atoms. The van der Waals surface area contributed by atoms with Crippen LogP contribution >= 0.6 is 12.4 Å². The monoisotopic (exact) mass is 319 g/mol. The van der Waals surface area contributed by atoms with Crippen LogP contribution in [0.25, 0.3) is 0 Å². The van der Waals surface area contributed by atoms with Gasteiger partial charge in [0.1, 0.15) is 0 Å². The zero-order valence-corrected chi connectivity index (χ0v) is 14.3. The van der Waals surface area contributed by atoms with Gasteiger partial charge in [0.15, 0.2) is 0 Å². The van der Waals surface area contributed by atoms with Crippen molar-refractivity contribution in [1.82, 2.24) is 10.2 Å². The molecule has 2 amide bonds. The van der Waals surface area contributed by atoms with Crippen LogP contribution in [0.4, 0.5) is 0 Å². The van der Waals surface area contributed by atoms with Crippen molar-refractivity contribution in [3.8, 4) is 0 Å². The summed E-state index contributed by atoms with van der Waals surface area (Å²) in [6.45, 7) is 7.15. The largest absolute Gasteiger partial charge is 0.352 e. The topological polar surface area (TPSA) is 75.4 Å². The molecule has 21 heavy (non-hydrogen) atoms. The first-order chi connectivity index (χ1) is 9.40. The molecule has 124 valence electrons. The highest BCUT2D eigenvalue weighted by molar-refractivity contribution is 5.86. The highest BCUT2D eigenvalue weighted by Gasteiger charge is 2.34. The van der Waals surface area contributed by atoms with Crippen LogP contribution in [-0.4, -0.2) is 41.4 Å². The maximum Gasteiger partial charge on any atom is 0.242 e. The van der Waals surface area contributed by atoms with Crippen LogP contribution in [0.3, 0.4) is 0 Å². The minimum absolute atomic E-state index is 0. The number of hydrogen-bond donors (Lipinski definition) is 2. The summed E-state index contributed by atoms with van der Waals surface area (Å²) >= 11 is 0. The SMILES string of the molecule is CCCC(=O)NC1CCCN(C(=O)C(C)(N)CCC)C1.Cl. The summed E-state index contributed by atoms with van der Waals surface area (Å²) in [5.74, 6) is 0.0876. The molecule has 0 aromatic carbocycles. The van der Waals surface area contributed by atoms with Crippen molar-refractivity contribution in [2.24, 2.45) is 5.73 Å². The van der Waals surface area contributed by atoms with E-state index < -0.39 is 5.54 Å². The molecule has 1 fully saturated rings. The molecule has 5 nitrogen and oxygen atoms in total. The molecule has 0 aliphatic carbocycles. The normalized spacial score (nSPS) is 21.1. The van der Waals surface area contributed by atoms with Gasteiger partial charge in [0.05, 0.1) is 5.54 Å². The van der Waals surface area contributed by atoms with Crippen LogP contribution in [0.2, 0.25) is 0 Å². The van der Waals surface area contributed by atoms with Crippen molar-refractivity contribution >= 4 is 24.2 Å². The van der Waals surface area contributed by atoms with E-state index in [-0.39, 0.29) is 30.3 Å². The Morgan fingerprint density at radius 2 is 2.00 bits per heavy atom. The van der Waals surface area contributed by atoms with E-state index in [1.165, 1.54) is 0 Å². The lowest BCUT2D eigenvalue weighted by Gasteiger charge is -2.37. The predicted octanol–water partition coefficient (Wildman–Crippen LogP) is 1.83. The summed E-state index contributed by atoms with van der Waals surface area (Å²) in [5.41, 5.74) is 5.33. The fourth-order valence-electron chi connectivity index (χ4n) is 2.79. The highest BCUT2D eigenvalue weighted by atomic mass is 35.5. The highest BCUT2D eigenvalue weighted by Crippen LogP contribution is 2.17. The van der Waals surface area contributed by atoms with E-state index in [0.717, 1.165) is 32.2 Å². The lowest BCUT2D eigenvalue weighted by atomic mass is 9.94. The van der Waals surface area contributed by atoms with Crippen molar-refractivity contribution in [1.29, 1.82) is 0 Å². The Hall–Kier alpha value is -0.810. The summed E-state index contributed by atoms with van der Waals surface area (Å²) < 4.78 is 0. The van der Waals surface area contributed by atoms with Gasteiger partial charge in [-0.1, -0.05) is 20.3 Å². The molecule has 6 heteroatoms. The van der Waals surface area contributed by atoms with Crippen LogP contribution in [0.1, 0.15) is 59.3 Å². The van der Waals surface area contributed by atoms with Crippen LogP contribution in [0, 0.1) is 0 Å². The zero-order valence-electron chi connectivity index (χ0n) is 13.5. The molecule has 1 rings (SSSR count). The molecule has 2 unspecified atom stereocenters. The fourth-order valence-corrected chi connectivity index (χ4v) is 2.79. The maximum atomic E-state index is 12.5. The Balaban J connectivity index is 0.00000400. The van der Waals surface area contributed by atoms with Gasteiger partial charge < -0.3 is 16.0 Å². The number of carbonyl (C=O) groups is 2. The number of nitrogens with zero attached hydrogens (tertiary/aromatic N) is 1. The number of nitrogens with two attached hydrogens (primary N) is 1. The van der Waals surface area contributed by atoms with Crippen molar-refractivity contribution in [2.45, 2.75) is 70.9 Å². The van der Waals surface area contributed by atoms with E-state index in [1.807, 2.05) is 18.7 Å². The van der Waals surface area contributed by atoms with Crippen LogP contribution in [0.5, 0.6) is 0 Å². The number of likely N-dealkylation sites (tertiary alicyclic amines) is 1. The Labute approximate surface area is 134 Å². The van der Waals surface area contributed by atoms with E-state index in [4.69, 9.17) is 5.73 Å². The zero-order chi connectivity index (χ0) is 15.2. The third kappa shape index (κ3) is 6.22. The molecule has 0 saturated carbocycles. The van der Waals surface area contributed by atoms with Gasteiger partial charge in [0.2, 0.25) is 11.8 Å². The minimum Gasteiger partial charge on any atom is -0.352 e. The average Bonchev–Trinajstić information content (AvgIpc) is 2.38. The molecule has 0 radical (unpaired) electrons. The number of halogens is 1. The second kappa shape index (κ2) is 9.26. The number of hydrogen-bond acceptors (Lipinski definition) is 3. The Morgan fingerprint density at radius 3 is 2.57 bits per heavy atom. The average molecular weight is 320 g/mol. The number of rotatable bonds is 6. The van der Waals surface area contributed by atoms with Crippen LogP contribution in [0.15, 0.2) is 0 Å². The van der Waals surface area contributed by atoms with Crippen molar-refractivity contribution in [3.05, 3.63) is 0 Å². The first-order valence-electron chi connectivity index (χ1n) is 7.78. The number of nitrogens with one attached hydrogen (secondary N) is 1. The molecule has 0 aromatic heterocycles. The molecule has 2 atom stereocenters. The first-order valence-corrected chi connectivity index (χ1v) is 7.78. The molecule has 0 spiro atoms. The third-order valence-corrected chi connectivity index (χ3v) is 3.81. The van der Waals surface area contributed by atoms with Gasteiger partial charge >= 0.3 is 0 Å². The number of piperidine rings is 1. The minimum atomic E-state index is -0.788. The summed E-state index contributed by atoms with van der Waals surface area (Å²) in [4.78, 5) is 25.9. The first kappa shape index (κ1) is 20.2. The van der Waals surface area contributed by atoms with Crippen molar-refractivity contribution in [3.63, 3.8) is 0 Å². The Morgan fingerprint density at radius 1 is 1.33 bits per heavy atom. The van der Waals surface area contributed by atoms with E-state index in [1.54, 1.807) is 6.92 Å². The lowest BCUT2D eigenvalue weighted by Crippen LogP contribution is -2.58. The maximum absolute atomic E-state index is 12.5. The summed E-state index contributed by atoms with van der Waals surface area (Å²) in [7, 11) is 0. The third-order valence-electron chi connectivity index (χ3n) is 3.81. The molecule has 1 aliphatic heterocycles.